The summed E-state index contributed by atoms with van der Waals surface area (Å²) in [6, 6.07) is 5.85. The molecule has 5 rings (SSSR count). The maximum absolute atomic E-state index is 12.7. The van der Waals surface area contributed by atoms with Crippen LogP contribution < -0.4 is 0 Å². The van der Waals surface area contributed by atoms with Crippen LogP contribution in [0.2, 0.25) is 0 Å². The standard InChI is InChI=1S/C19H21N3O/c23-19(22-8-2-1-3-9-22)14-6-7-15-16(11-14)21-18-13-5-4-12(10-13)17(18)20-15/h6-7,11-13H,1-5,8-10H2. The van der Waals surface area contributed by atoms with Gasteiger partial charge < -0.3 is 4.90 Å². The molecule has 2 aromatic rings. The van der Waals surface area contributed by atoms with Crippen LogP contribution in [0.1, 0.15) is 72.1 Å². The van der Waals surface area contributed by atoms with E-state index in [0.29, 0.717) is 11.8 Å². The molecule has 1 aromatic heterocycles. The molecule has 2 atom stereocenters. The number of nitrogens with zero attached hydrogens (tertiary/aromatic N) is 3. The number of piperidine rings is 1. The number of carbonyl (C=O) groups is 1. The fourth-order valence-corrected chi connectivity index (χ4v) is 4.57. The number of aromatic nitrogens is 2. The Morgan fingerprint density at radius 2 is 1.65 bits per heavy atom. The van der Waals surface area contributed by atoms with E-state index in [9.17, 15) is 4.79 Å². The van der Waals surface area contributed by atoms with Gasteiger partial charge in [0.05, 0.1) is 22.4 Å². The van der Waals surface area contributed by atoms with Gasteiger partial charge in [-0.05, 0) is 56.7 Å². The van der Waals surface area contributed by atoms with E-state index in [-0.39, 0.29) is 5.91 Å². The molecule has 1 amide bonds. The molecule has 4 nitrogen and oxygen atoms in total. The predicted octanol–water partition coefficient (Wildman–Crippen LogP) is 3.62. The Hall–Kier alpha value is -1.97. The van der Waals surface area contributed by atoms with E-state index in [1.165, 1.54) is 37.1 Å². The van der Waals surface area contributed by atoms with Crippen LogP contribution >= 0.6 is 0 Å². The third-order valence-corrected chi connectivity index (χ3v) is 5.82. The SMILES string of the molecule is O=C(c1ccc2nc3c(nc2c1)C1CCC3C1)N1CCCCC1. The van der Waals surface area contributed by atoms with Crippen molar-refractivity contribution in [1.29, 1.82) is 0 Å². The lowest BCUT2D eigenvalue weighted by Crippen LogP contribution is -2.35. The summed E-state index contributed by atoms with van der Waals surface area (Å²) in [7, 11) is 0. The van der Waals surface area contributed by atoms with E-state index in [1.807, 2.05) is 23.1 Å². The van der Waals surface area contributed by atoms with E-state index in [4.69, 9.17) is 9.97 Å². The van der Waals surface area contributed by atoms with Gasteiger partial charge in [0.25, 0.3) is 5.91 Å². The van der Waals surface area contributed by atoms with Gasteiger partial charge in [0.1, 0.15) is 0 Å². The van der Waals surface area contributed by atoms with Gasteiger partial charge in [-0.3, -0.25) is 4.79 Å². The van der Waals surface area contributed by atoms with Crippen LogP contribution in [0.4, 0.5) is 0 Å². The average Bonchev–Trinajstić information content (AvgIpc) is 3.22. The number of carbonyl (C=O) groups excluding carboxylic acids is 1. The Labute approximate surface area is 135 Å². The third-order valence-electron chi connectivity index (χ3n) is 5.82. The Kier molecular flexibility index (Phi) is 2.94. The van der Waals surface area contributed by atoms with E-state index in [2.05, 4.69) is 0 Å². The topological polar surface area (TPSA) is 46.1 Å². The highest BCUT2D eigenvalue weighted by atomic mass is 16.2. The van der Waals surface area contributed by atoms with Gasteiger partial charge in [-0.1, -0.05) is 0 Å². The van der Waals surface area contributed by atoms with Gasteiger partial charge in [-0.2, -0.15) is 0 Å². The van der Waals surface area contributed by atoms with Crippen molar-refractivity contribution in [1.82, 2.24) is 14.9 Å². The number of amides is 1. The van der Waals surface area contributed by atoms with Crippen molar-refractivity contribution in [3.8, 4) is 0 Å². The molecular weight excluding hydrogens is 286 g/mol. The van der Waals surface area contributed by atoms with Crippen LogP contribution in [0.25, 0.3) is 11.0 Å². The van der Waals surface area contributed by atoms with Gasteiger partial charge in [-0.25, -0.2) is 9.97 Å². The summed E-state index contributed by atoms with van der Waals surface area (Å²) in [6.07, 6.45) is 7.23. The zero-order valence-electron chi connectivity index (χ0n) is 13.3. The Morgan fingerprint density at radius 3 is 2.39 bits per heavy atom. The van der Waals surface area contributed by atoms with Gasteiger partial charge in [0.2, 0.25) is 0 Å². The molecule has 118 valence electrons. The first kappa shape index (κ1) is 13.5. The highest BCUT2D eigenvalue weighted by molar-refractivity contribution is 5.97. The van der Waals surface area contributed by atoms with E-state index >= 15 is 0 Å². The molecule has 2 aliphatic carbocycles. The van der Waals surface area contributed by atoms with Crippen molar-refractivity contribution < 1.29 is 4.79 Å². The molecule has 0 radical (unpaired) electrons. The minimum atomic E-state index is 0.149. The van der Waals surface area contributed by atoms with Crippen LogP contribution in [0.15, 0.2) is 18.2 Å². The van der Waals surface area contributed by atoms with Crippen LogP contribution in [0.5, 0.6) is 0 Å². The molecule has 0 spiro atoms. The first-order valence-corrected chi connectivity index (χ1v) is 8.90. The fraction of sp³-hybridized carbons (Fsp3) is 0.526. The van der Waals surface area contributed by atoms with Gasteiger partial charge in [0.15, 0.2) is 0 Å². The van der Waals surface area contributed by atoms with Gasteiger partial charge >= 0.3 is 0 Å². The second-order valence-corrected chi connectivity index (χ2v) is 7.26. The molecule has 2 unspecified atom stereocenters. The number of hydrogen-bond acceptors (Lipinski definition) is 3. The largest absolute Gasteiger partial charge is 0.339 e. The first-order valence-electron chi connectivity index (χ1n) is 8.90. The lowest BCUT2D eigenvalue weighted by molar-refractivity contribution is 0.0724. The fourth-order valence-electron chi connectivity index (χ4n) is 4.57. The van der Waals surface area contributed by atoms with E-state index < -0.39 is 0 Å². The third kappa shape index (κ3) is 2.07. The number of hydrogen-bond donors (Lipinski definition) is 0. The summed E-state index contributed by atoms with van der Waals surface area (Å²) in [5.41, 5.74) is 5.02. The van der Waals surface area contributed by atoms with Crippen LogP contribution in [-0.4, -0.2) is 33.9 Å². The molecule has 23 heavy (non-hydrogen) atoms. The minimum absolute atomic E-state index is 0.149. The molecule has 2 heterocycles. The second-order valence-electron chi connectivity index (χ2n) is 7.26. The molecule has 1 saturated heterocycles. The van der Waals surface area contributed by atoms with Crippen molar-refractivity contribution in [2.45, 2.75) is 50.4 Å². The van der Waals surface area contributed by atoms with Crippen LogP contribution in [0.3, 0.4) is 0 Å². The highest BCUT2D eigenvalue weighted by Crippen LogP contribution is 2.51. The van der Waals surface area contributed by atoms with Crippen molar-refractivity contribution >= 4 is 16.9 Å². The Balaban J connectivity index is 1.53. The molecule has 0 N–H and O–H groups in total. The number of likely N-dealkylation sites (tertiary alicyclic amines) is 1. The lowest BCUT2D eigenvalue weighted by Gasteiger charge is -2.26. The van der Waals surface area contributed by atoms with Crippen molar-refractivity contribution in [2.24, 2.45) is 0 Å². The molecule has 2 fully saturated rings. The maximum atomic E-state index is 12.7. The molecule has 1 saturated carbocycles. The highest BCUT2D eigenvalue weighted by Gasteiger charge is 2.39. The summed E-state index contributed by atoms with van der Waals surface area (Å²) in [5, 5.41) is 0. The predicted molar refractivity (Wildman–Crippen MR) is 88.6 cm³/mol. The number of rotatable bonds is 1. The molecule has 2 bridgehead atoms. The quantitative estimate of drug-likeness (QED) is 0.808. The number of fused-ring (bicyclic) bond motifs is 6. The Morgan fingerprint density at radius 1 is 0.957 bits per heavy atom. The molecule has 1 aliphatic heterocycles. The van der Waals surface area contributed by atoms with Crippen LogP contribution in [-0.2, 0) is 0 Å². The zero-order chi connectivity index (χ0) is 15.4. The molecule has 4 heteroatoms. The van der Waals surface area contributed by atoms with Crippen LogP contribution in [0, 0.1) is 0 Å². The summed E-state index contributed by atoms with van der Waals surface area (Å²) in [4.78, 5) is 24.4. The lowest BCUT2D eigenvalue weighted by atomic mass is 10.00. The monoisotopic (exact) mass is 307 g/mol. The summed E-state index contributed by atoms with van der Waals surface area (Å²) >= 11 is 0. The second kappa shape index (κ2) is 5.02. The molecular formula is C19H21N3O. The molecule has 3 aliphatic rings. The average molecular weight is 307 g/mol. The Bertz CT molecular complexity index is 795. The van der Waals surface area contributed by atoms with E-state index in [1.54, 1.807) is 0 Å². The van der Waals surface area contributed by atoms with Gasteiger partial charge in [0, 0.05) is 30.5 Å². The van der Waals surface area contributed by atoms with Gasteiger partial charge in [-0.15, -0.1) is 0 Å². The molecule has 1 aromatic carbocycles. The van der Waals surface area contributed by atoms with Crippen molar-refractivity contribution in [2.75, 3.05) is 13.1 Å². The normalized spacial score (nSPS) is 25.8. The van der Waals surface area contributed by atoms with Crippen molar-refractivity contribution in [3.05, 3.63) is 35.2 Å². The summed E-state index contributed by atoms with van der Waals surface area (Å²) in [6.45, 7) is 1.77. The zero-order valence-corrected chi connectivity index (χ0v) is 13.3. The van der Waals surface area contributed by atoms with Crippen molar-refractivity contribution in [3.63, 3.8) is 0 Å². The van der Waals surface area contributed by atoms with E-state index in [0.717, 1.165) is 42.5 Å². The smallest absolute Gasteiger partial charge is 0.253 e. The summed E-state index contributed by atoms with van der Waals surface area (Å²) in [5.74, 6) is 1.38. The summed E-state index contributed by atoms with van der Waals surface area (Å²) < 4.78 is 0. The first-order chi connectivity index (χ1) is 11.3. The minimum Gasteiger partial charge on any atom is -0.339 e. The number of benzene rings is 1. The maximum Gasteiger partial charge on any atom is 0.253 e.